The molecule has 0 unspecified atom stereocenters. The van der Waals surface area contributed by atoms with Crippen LogP contribution in [0.3, 0.4) is 0 Å². The molecule has 0 saturated heterocycles. The summed E-state index contributed by atoms with van der Waals surface area (Å²) in [4.78, 5) is 30.3. The van der Waals surface area contributed by atoms with Gasteiger partial charge >= 0.3 is 5.97 Å². The first-order valence-corrected chi connectivity index (χ1v) is 13.7. The lowest BCUT2D eigenvalue weighted by molar-refractivity contribution is -0.162. The summed E-state index contributed by atoms with van der Waals surface area (Å²) in [5, 5.41) is 0. The first-order valence-electron chi connectivity index (χ1n) is 11.3. The van der Waals surface area contributed by atoms with Crippen molar-refractivity contribution in [2.45, 2.75) is 64.0 Å². The van der Waals surface area contributed by atoms with E-state index in [1.165, 1.54) is 0 Å². The van der Waals surface area contributed by atoms with Crippen LogP contribution in [0.1, 0.15) is 56.9 Å². The summed E-state index contributed by atoms with van der Waals surface area (Å²) < 4.78 is 5.65. The second-order valence-electron chi connectivity index (χ2n) is 8.91. The van der Waals surface area contributed by atoms with Crippen molar-refractivity contribution in [3.8, 4) is 0 Å². The number of nitrogens with zero attached hydrogens (tertiary/aromatic N) is 1. The zero-order valence-corrected chi connectivity index (χ0v) is 19.9. The molecule has 0 amide bonds. The van der Waals surface area contributed by atoms with Gasteiger partial charge in [0.25, 0.3) is 0 Å². The van der Waals surface area contributed by atoms with Crippen molar-refractivity contribution in [3.63, 3.8) is 0 Å². The molecule has 2 rings (SSSR count). The second kappa shape index (κ2) is 12.9. The topological polar surface area (TPSA) is 108 Å². The zero-order chi connectivity index (χ0) is 22.7. The normalized spacial score (nSPS) is 17.4. The van der Waals surface area contributed by atoms with E-state index in [2.05, 4.69) is 18.3 Å². The van der Waals surface area contributed by atoms with Crippen LogP contribution in [0.25, 0.3) is 0 Å². The van der Waals surface area contributed by atoms with E-state index in [0.29, 0.717) is 38.1 Å². The van der Waals surface area contributed by atoms with E-state index in [4.69, 9.17) is 16.2 Å². The molecule has 0 radical (unpaired) electrons. The molecule has 1 fully saturated rings. The number of amidine groups is 1. The number of ketones is 1. The molecule has 0 bridgehead atoms. The Balaban J connectivity index is 1.88. The van der Waals surface area contributed by atoms with Gasteiger partial charge in [0.1, 0.15) is 6.61 Å². The first-order chi connectivity index (χ1) is 14.8. The van der Waals surface area contributed by atoms with Crippen LogP contribution in [0.5, 0.6) is 0 Å². The highest BCUT2D eigenvalue weighted by molar-refractivity contribution is 7.57. The highest BCUT2D eigenvalue weighted by atomic mass is 31.1. The van der Waals surface area contributed by atoms with Crippen LogP contribution in [0, 0.1) is 5.41 Å². The molecule has 1 atom stereocenters. The summed E-state index contributed by atoms with van der Waals surface area (Å²) >= 11 is 0. The Kier molecular flexibility index (Phi) is 10.6. The van der Waals surface area contributed by atoms with Gasteiger partial charge in [-0.2, -0.15) is 0 Å². The van der Waals surface area contributed by atoms with Gasteiger partial charge in [0, 0.05) is 19.1 Å². The molecule has 0 heterocycles. The number of hydrogen-bond donors (Lipinski definition) is 2. The van der Waals surface area contributed by atoms with Crippen molar-refractivity contribution in [1.82, 2.24) is 0 Å². The minimum Gasteiger partial charge on any atom is -0.460 e. The van der Waals surface area contributed by atoms with Crippen molar-refractivity contribution in [1.29, 1.82) is 0 Å². The molecule has 0 aromatic heterocycles. The van der Waals surface area contributed by atoms with Crippen molar-refractivity contribution >= 4 is 25.5 Å². The molecule has 6 nitrogen and oxygen atoms in total. The predicted octanol–water partition coefficient (Wildman–Crippen LogP) is 3.85. The number of esters is 1. The molecule has 1 saturated carbocycles. The maximum Gasteiger partial charge on any atom is 0.312 e. The zero-order valence-electron chi connectivity index (χ0n) is 19.0. The van der Waals surface area contributed by atoms with E-state index in [-0.39, 0.29) is 32.7 Å². The fourth-order valence-corrected chi connectivity index (χ4v) is 4.84. The van der Waals surface area contributed by atoms with Crippen molar-refractivity contribution < 1.29 is 14.3 Å². The van der Waals surface area contributed by atoms with Crippen LogP contribution in [0.2, 0.25) is 0 Å². The van der Waals surface area contributed by atoms with E-state index in [9.17, 15) is 9.59 Å². The van der Waals surface area contributed by atoms with Crippen LogP contribution in [-0.4, -0.2) is 49.7 Å². The summed E-state index contributed by atoms with van der Waals surface area (Å²) in [6.45, 7) is 5.15. The molecule has 0 aliphatic heterocycles. The third-order valence-corrected chi connectivity index (χ3v) is 6.81. The summed E-state index contributed by atoms with van der Waals surface area (Å²) in [6.07, 6.45) is 6.63. The molecule has 1 aromatic carbocycles. The van der Waals surface area contributed by atoms with Crippen LogP contribution in [-0.2, 0) is 20.9 Å². The number of rotatable bonds is 12. The van der Waals surface area contributed by atoms with Crippen LogP contribution in [0.4, 0.5) is 0 Å². The Bertz CT molecular complexity index is 731. The molecule has 172 valence electrons. The number of carbonyl (C=O) groups is 2. The standard InChI is InChI=1S/C24H38N3O3P/c1-31(2)18-22(26)27-15-9-12-20(25)21(28)16-24(13-7-4-8-14-24)23(29)30-17-19-10-5-3-6-11-19/h3,5-6,10-11,20H,4,7-9,12-18,25H2,1-2H3,(H2,26,27)/t20-/m1/s1. The summed E-state index contributed by atoms with van der Waals surface area (Å²) in [6, 6.07) is 9.05. The number of nitrogens with two attached hydrogens (primary N) is 2. The van der Waals surface area contributed by atoms with Gasteiger partial charge in [0.2, 0.25) is 0 Å². The lowest BCUT2D eigenvalue weighted by Gasteiger charge is -2.35. The highest BCUT2D eigenvalue weighted by Gasteiger charge is 2.43. The Morgan fingerprint density at radius 1 is 1.16 bits per heavy atom. The van der Waals surface area contributed by atoms with Crippen molar-refractivity contribution in [3.05, 3.63) is 35.9 Å². The Hall–Kier alpha value is -1.78. The summed E-state index contributed by atoms with van der Waals surface area (Å²) in [7, 11) is -0.102. The van der Waals surface area contributed by atoms with Gasteiger partial charge in [-0.05, 0) is 44.6 Å². The highest BCUT2D eigenvalue weighted by Crippen LogP contribution is 2.41. The molecule has 31 heavy (non-hydrogen) atoms. The van der Waals surface area contributed by atoms with Gasteiger partial charge in [-0.3, -0.25) is 14.6 Å². The van der Waals surface area contributed by atoms with Crippen molar-refractivity contribution in [2.75, 3.05) is 26.0 Å². The van der Waals surface area contributed by atoms with Crippen LogP contribution in [0.15, 0.2) is 35.3 Å². The third-order valence-electron chi connectivity index (χ3n) is 5.85. The SMILES string of the molecule is CP(C)CC(N)=NCCC[C@@H](N)C(=O)CC1(C(=O)OCc2ccccc2)CCCCC1. The fraction of sp³-hybridized carbons (Fsp3) is 0.625. The Morgan fingerprint density at radius 3 is 2.48 bits per heavy atom. The average Bonchev–Trinajstić information content (AvgIpc) is 2.75. The van der Waals surface area contributed by atoms with Gasteiger partial charge in [0.05, 0.1) is 17.3 Å². The van der Waals surface area contributed by atoms with E-state index in [0.717, 1.165) is 31.0 Å². The summed E-state index contributed by atoms with van der Waals surface area (Å²) in [5.41, 5.74) is 12.3. The number of ether oxygens (including phenoxy) is 1. The number of Topliss-reactive ketones (excluding diaryl/α,β-unsaturated/α-hetero) is 1. The number of benzene rings is 1. The van der Waals surface area contributed by atoms with Crippen molar-refractivity contribution in [2.24, 2.45) is 21.9 Å². The minimum atomic E-state index is -0.732. The van der Waals surface area contributed by atoms with Crippen LogP contribution < -0.4 is 11.5 Å². The molecule has 0 spiro atoms. The number of hydrogen-bond acceptors (Lipinski definition) is 5. The molecular weight excluding hydrogens is 409 g/mol. The smallest absolute Gasteiger partial charge is 0.312 e. The second-order valence-corrected chi connectivity index (χ2v) is 11.4. The fourth-order valence-electron chi connectivity index (χ4n) is 4.09. The molecule has 1 aromatic rings. The van der Waals surface area contributed by atoms with Crippen LogP contribution >= 0.6 is 7.92 Å². The molecular formula is C24H38N3O3P. The quantitative estimate of drug-likeness (QED) is 0.166. The largest absolute Gasteiger partial charge is 0.460 e. The predicted molar refractivity (Wildman–Crippen MR) is 129 cm³/mol. The van der Waals surface area contributed by atoms with Gasteiger partial charge in [-0.15, -0.1) is 7.92 Å². The molecule has 1 aliphatic carbocycles. The van der Waals surface area contributed by atoms with Gasteiger partial charge in [-0.1, -0.05) is 49.6 Å². The number of aliphatic imine (C=N–C) groups is 1. The molecule has 7 heteroatoms. The lowest BCUT2D eigenvalue weighted by Crippen LogP contribution is -2.41. The Labute approximate surface area is 188 Å². The van der Waals surface area contributed by atoms with Gasteiger partial charge in [0.15, 0.2) is 5.78 Å². The summed E-state index contributed by atoms with van der Waals surface area (Å²) in [5.74, 6) is 0.365. The molecule has 1 aliphatic rings. The van der Waals surface area contributed by atoms with E-state index >= 15 is 0 Å². The maximum absolute atomic E-state index is 13.0. The van der Waals surface area contributed by atoms with E-state index < -0.39 is 11.5 Å². The third kappa shape index (κ3) is 8.70. The lowest BCUT2D eigenvalue weighted by atomic mass is 9.70. The average molecular weight is 448 g/mol. The van der Waals surface area contributed by atoms with Gasteiger partial charge in [-0.25, -0.2) is 0 Å². The van der Waals surface area contributed by atoms with Gasteiger partial charge < -0.3 is 16.2 Å². The Morgan fingerprint density at radius 2 is 1.84 bits per heavy atom. The van der Waals surface area contributed by atoms with E-state index in [1.807, 2.05) is 30.3 Å². The minimum absolute atomic E-state index is 0.0545. The number of carbonyl (C=O) groups excluding carboxylic acids is 2. The monoisotopic (exact) mass is 447 g/mol. The van der Waals surface area contributed by atoms with E-state index in [1.54, 1.807) is 0 Å². The first kappa shape index (κ1) is 25.5. The maximum atomic E-state index is 13.0. The molecule has 4 N–H and O–H groups in total.